The van der Waals surface area contributed by atoms with E-state index in [4.69, 9.17) is 0 Å². The minimum Gasteiger partial charge on any atom is -0.324 e. The Labute approximate surface area is 165 Å². The van der Waals surface area contributed by atoms with E-state index >= 15 is 0 Å². The third kappa shape index (κ3) is 2.62. The van der Waals surface area contributed by atoms with E-state index in [0.29, 0.717) is 0 Å². The fraction of sp³-hybridized carbons (Fsp3) is 0.538. The molecule has 2 heterocycles. The smallest absolute Gasteiger partial charge is 0.0798 e. The molecule has 0 aromatic heterocycles. The summed E-state index contributed by atoms with van der Waals surface area (Å²) in [5.41, 5.74) is 9.64. The molecule has 1 heteroatoms. The van der Waals surface area contributed by atoms with E-state index in [2.05, 4.69) is 50.2 Å². The molecule has 0 atom stereocenters. The number of rotatable bonds is 2. The van der Waals surface area contributed by atoms with Crippen molar-refractivity contribution in [2.75, 3.05) is 26.2 Å². The number of piperidine rings is 2. The summed E-state index contributed by atoms with van der Waals surface area (Å²) >= 11 is 0. The zero-order valence-corrected chi connectivity index (χ0v) is 17.2. The highest BCUT2D eigenvalue weighted by molar-refractivity contribution is 5.81. The lowest BCUT2D eigenvalue weighted by Gasteiger charge is -2.50. The van der Waals surface area contributed by atoms with Gasteiger partial charge in [0.1, 0.15) is 0 Å². The van der Waals surface area contributed by atoms with Crippen LogP contribution >= 0.6 is 0 Å². The van der Waals surface area contributed by atoms with Gasteiger partial charge in [0.15, 0.2) is 0 Å². The molecule has 2 saturated heterocycles. The quantitative estimate of drug-likeness (QED) is 0.587. The summed E-state index contributed by atoms with van der Waals surface area (Å²) in [5, 5.41) is 0. The van der Waals surface area contributed by atoms with Gasteiger partial charge in [-0.15, -0.1) is 0 Å². The van der Waals surface area contributed by atoms with Gasteiger partial charge in [-0.05, 0) is 65.5 Å². The molecule has 0 unspecified atom stereocenters. The topological polar surface area (TPSA) is 0 Å². The van der Waals surface area contributed by atoms with E-state index in [1.165, 1.54) is 85.0 Å². The maximum absolute atomic E-state index is 2.56. The number of hydrogen-bond acceptors (Lipinski definition) is 0. The molecule has 2 aliphatic heterocycles. The lowest BCUT2D eigenvalue weighted by molar-refractivity contribution is -0.937. The fourth-order valence-electron chi connectivity index (χ4n) is 6.29. The first-order chi connectivity index (χ1) is 13.2. The van der Waals surface area contributed by atoms with Crippen LogP contribution in [0.4, 0.5) is 0 Å². The molecular formula is C26H34N+. The molecule has 27 heavy (non-hydrogen) atoms. The van der Waals surface area contributed by atoms with Gasteiger partial charge < -0.3 is 4.48 Å². The maximum Gasteiger partial charge on any atom is 0.0798 e. The van der Waals surface area contributed by atoms with Crippen molar-refractivity contribution in [3.63, 3.8) is 0 Å². The largest absolute Gasteiger partial charge is 0.324 e. The van der Waals surface area contributed by atoms with Gasteiger partial charge in [0.25, 0.3) is 0 Å². The van der Waals surface area contributed by atoms with Crippen molar-refractivity contribution in [2.45, 2.75) is 64.2 Å². The van der Waals surface area contributed by atoms with Crippen LogP contribution in [0, 0.1) is 0 Å². The highest BCUT2D eigenvalue weighted by Crippen LogP contribution is 2.55. The molecule has 2 fully saturated rings. The minimum atomic E-state index is 0.280. The third-order valence-corrected chi connectivity index (χ3v) is 8.10. The molecule has 142 valence electrons. The Kier molecular flexibility index (Phi) is 4.20. The van der Waals surface area contributed by atoms with Crippen molar-refractivity contribution in [3.8, 4) is 11.1 Å². The van der Waals surface area contributed by atoms with E-state index in [9.17, 15) is 0 Å². The molecule has 3 aliphatic rings. The van der Waals surface area contributed by atoms with Gasteiger partial charge in [-0.25, -0.2) is 0 Å². The van der Waals surface area contributed by atoms with Crippen LogP contribution in [0.1, 0.15) is 68.2 Å². The fourth-order valence-corrected chi connectivity index (χ4v) is 6.29. The van der Waals surface area contributed by atoms with Crippen molar-refractivity contribution < 1.29 is 4.48 Å². The molecule has 0 saturated carbocycles. The van der Waals surface area contributed by atoms with Crippen LogP contribution in [-0.4, -0.2) is 30.7 Å². The summed E-state index contributed by atoms with van der Waals surface area (Å²) in [4.78, 5) is 0. The third-order valence-electron chi connectivity index (χ3n) is 8.10. The molecule has 2 aromatic rings. The SMILES string of the molecule is CCc1ccc2c(c1)C1(CC[N+]3(CCCCC3)CC1)c1cc(CC)ccc1-2. The van der Waals surface area contributed by atoms with Crippen LogP contribution in [0.15, 0.2) is 36.4 Å². The Bertz CT molecular complexity index is 791. The number of quaternary nitrogens is 1. The van der Waals surface area contributed by atoms with Gasteiger partial charge in [0.2, 0.25) is 0 Å². The summed E-state index contributed by atoms with van der Waals surface area (Å²) in [6.07, 6.45) is 9.30. The first kappa shape index (κ1) is 17.5. The van der Waals surface area contributed by atoms with Gasteiger partial charge in [-0.1, -0.05) is 50.2 Å². The second-order valence-electron chi connectivity index (χ2n) is 9.35. The molecule has 0 radical (unpaired) electrons. The standard InChI is InChI=1S/C26H34N/c1-3-20-8-10-22-23-11-9-21(4-2)19-25(23)26(24(22)18-20)12-16-27(17-13-26)14-6-5-7-15-27/h8-11,18-19H,3-7,12-17H2,1-2H3/q+1. The normalized spacial score (nSPS) is 22.0. The molecule has 1 aliphatic carbocycles. The van der Waals surface area contributed by atoms with Crippen molar-refractivity contribution in [1.29, 1.82) is 0 Å². The second kappa shape index (κ2) is 6.48. The molecule has 2 spiro atoms. The van der Waals surface area contributed by atoms with Gasteiger partial charge in [0, 0.05) is 18.3 Å². The molecular weight excluding hydrogens is 326 g/mol. The molecule has 0 bridgehead atoms. The molecule has 0 N–H and O–H groups in total. The summed E-state index contributed by atoms with van der Waals surface area (Å²) in [5.74, 6) is 0. The lowest BCUT2D eigenvalue weighted by atomic mass is 9.69. The first-order valence-corrected chi connectivity index (χ1v) is 11.3. The summed E-state index contributed by atoms with van der Waals surface area (Å²) in [7, 11) is 0. The summed E-state index contributed by atoms with van der Waals surface area (Å²) in [6.45, 7) is 10.2. The van der Waals surface area contributed by atoms with Crippen molar-refractivity contribution in [1.82, 2.24) is 0 Å². The zero-order chi connectivity index (χ0) is 18.5. The van der Waals surface area contributed by atoms with Crippen LogP contribution in [0.2, 0.25) is 0 Å². The Morgan fingerprint density at radius 3 is 1.70 bits per heavy atom. The Hall–Kier alpha value is -1.60. The maximum atomic E-state index is 2.56. The average Bonchev–Trinajstić information content (AvgIpc) is 3.00. The summed E-state index contributed by atoms with van der Waals surface area (Å²) < 4.78 is 1.41. The first-order valence-electron chi connectivity index (χ1n) is 11.3. The number of hydrogen-bond donors (Lipinski definition) is 0. The number of aryl methyl sites for hydroxylation is 2. The number of nitrogens with zero attached hydrogens (tertiary/aromatic N) is 1. The van der Waals surface area contributed by atoms with E-state index in [-0.39, 0.29) is 5.41 Å². The van der Waals surface area contributed by atoms with Gasteiger partial charge >= 0.3 is 0 Å². The van der Waals surface area contributed by atoms with Crippen LogP contribution in [0.3, 0.4) is 0 Å². The van der Waals surface area contributed by atoms with Crippen molar-refractivity contribution in [2.24, 2.45) is 0 Å². The second-order valence-corrected chi connectivity index (χ2v) is 9.35. The average molecular weight is 361 g/mol. The Morgan fingerprint density at radius 1 is 0.704 bits per heavy atom. The highest BCUT2D eigenvalue weighted by atomic mass is 15.4. The number of benzene rings is 2. The van der Waals surface area contributed by atoms with Crippen molar-refractivity contribution >= 4 is 0 Å². The van der Waals surface area contributed by atoms with Crippen LogP contribution in [0.5, 0.6) is 0 Å². The van der Waals surface area contributed by atoms with Crippen LogP contribution in [-0.2, 0) is 18.3 Å². The monoisotopic (exact) mass is 360 g/mol. The molecule has 5 rings (SSSR count). The minimum absolute atomic E-state index is 0.280. The molecule has 1 nitrogen and oxygen atoms in total. The highest BCUT2D eigenvalue weighted by Gasteiger charge is 2.49. The van der Waals surface area contributed by atoms with Gasteiger partial charge in [-0.2, -0.15) is 0 Å². The predicted molar refractivity (Wildman–Crippen MR) is 114 cm³/mol. The van der Waals surface area contributed by atoms with Crippen LogP contribution in [0.25, 0.3) is 11.1 Å². The van der Waals surface area contributed by atoms with Crippen molar-refractivity contribution in [3.05, 3.63) is 58.7 Å². The molecule has 0 amide bonds. The Balaban J connectivity index is 1.61. The van der Waals surface area contributed by atoms with Gasteiger partial charge in [-0.3, -0.25) is 0 Å². The predicted octanol–water partition coefficient (Wildman–Crippen LogP) is 5.87. The number of fused-ring (bicyclic) bond motifs is 5. The zero-order valence-electron chi connectivity index (χ0n) is 17.2. The summed E-state index contributed by atoms with van der Waals surface area (Å²) in [6, 6.07) is 14.7. The lowest BCUT2D eigenvalue weighted by Crippen LogP contribution is -2.58. The van der Waals surface area contributed by atoms with E-state index in [1.54, 1.807) is 11.1 Å². The Morgan fingerprint density at radius 2 is 1.22 bits per heavy atom. The molecule has 2 aromatic carbocycles. The van der Waals surface area contributed by atoms with E-state index in [1.807, 2.05) is 0 Å². The van der Waals surface area contributed by atoms with Gasteiger partial charge in [0.05, 0.1) is 26.2 Å². The van der Waals surface area contributed by atoms with Crippen LogP contribution < -0.4 is 0 Å². The van der Waals surface area contributed by atoms with E-state index < -0.39 is 0 Å². The van der Waals surface area contributed by atoms with E-state index in [0.717, 1.165) is 12.8 Å².